The Kier molecular flexibility index (Phi) is 4.47. The van der Waals surface area contributed by atoms with E-state index in [4.69, 9.17) is 22.1 Å². The second kappa shape index (κ2) is 5.43. The van der Waals surface area contributed by atoms with E-state index in [-0.39, 0.29) is 12.4 Å². The Bertz CT molecular complexity index is 354. The van der Waals surface area contributed by atoms with Crippen molar-refractivity contribution in [2.75, 3.05) is 13.2 Å². The van der Waals surface area contributed by atoms with Gasteiger partial charge in [0, 0.05) is 16.1 Å². The molecule has 0 fully saturated rings. The number of hydrogen-bond acceptors (Lipinski definition) is 3. The molecular weight excluding hydrogens is 226 g/mol. The van der Waals surface area contributed by atoms with Gasteiger partial charge in [-0.25, -0.2) is 0 Å². The minimum Gasteiger partial charge on any atom is -0.371 e. The van der Waals surface area contributed by atoms with E-state index in [1.807, 2.05) is 13.8 Å². The molecule has 1 rings (SSSR count). The zero-order valence-electron chi connectivity index (χ0n) is 9.50. The number of rotatable bonds is 5. The van der Waals surface area contributed by atoms with Crippen LogP contribution in [0.1, 0.15) is 24.2 Å². The first-order chi connectivity index (χ1) is 7.38. The van der Waals surface area contributed by atoms with Crippen molar-refractivity contribution < 1.29 is 9.53 Å². The lowest BCUT2D eigenvalue weighted by molar-refractivity contribution is 0.0670. The second-order valence-corrected chi connectivity index (χ2v) is 4.85. The summed E-state index contributed by atoms with van der Waals surface area (Å²) in [6.07, 6.45) is 0. The van der Waals surface area contributed by atoms with Crippen LogP contribution in [0.2, 0.25) is 5.02 Å². The van der Waals surface area contributed by atoms with Crippen molar-refractivity contribution in [3.05, 3.63) is 34.9 Å². The fourth-order valence-electron chi connectivity index (χ4n) is 1.13. The summed E-state index contributed by atoms with van der Waals surface area (Å²) in [5, 5.41) is 0.612. The normalized spacial score (nSPS) is 11.5. The molecule has 0 aliphatic rings. The first-order valence-electron chi connectivity index (χ1n) is 5.04. The number of ketones is 1. The van der Waals surface area contributed by atoms with Gasteiger partial charge < -0.3 is 10.5 Å². The van der Waals surface area contributed by atoms with Gasteiger partial charge in [-0.05, 0) is 38.1 Å². The molecule has 2 N–H and O–H groups in total. The minimum atomic E-state index is -0.416. The Balaban J connectivity index is 2.44. The molecule has 4 heteroatoms. The Hall–Kier alpha value is -0.900. The number of hydrogen-bond donors (Lipinski definition) is 1. The predicted molar refractivity (Wildman–Crippen MR) is 64.9 cm³/mol. The molecule has 0 aromatic heterocycles. The summed E-state index contributed by atoms with van der Waals surface area (Å²) >= 11 is 5.72. The molecule has 88 valence electrons. The summed E-state index contributed by atoms with van der Waals surface area (Å²) in [7, 11) is 0. The number of nitrogens with two attached hydrogens (primary N) is 1. The molecule has 0 aliphatic carbocycles. The first-order valence-corrected chi connectivity index (χ1v) is 5.42. The van der Waals surface area contributed by atoms with E-state index in [1.54, 1.807) is 24.3 Å². The number of Topliss-reactive ketones (excluding diaryl/α,β-unsaturated/α-hetero) is 1. The van der Waals surface area contributed by atoms with Crippen LogP contribution >= 0.6 is 11.6 Å². The van der Waals surface area contributed by atoms with Crippen LogP contribution in [0.5, 0.6) is 0 Å². The highest BCUT2D eigenvalue weighted by molar-refractivity contribution is 6.30. The highest BCUT2D eigenvalue weighted by Gasteiger charge is 2.12. The van der Waals surface area contributed by atoms with Crippen LogP contribution in [0.15, 0.2) is 24.3 Å². The molecule has 0 heterocycles. The van der Waals surface area contributed by atoms with Crippen LogP contribution < -0.4 is 5.73 Å². The van der Waals surface area contributed by atoms with E-state index < -0.39 is 5.54 Å². The van der Waals surface area contributed by atoms with Crippen LogP contribution in [0.3, 0.4) is 0 Å². The summed E-state index contributed by atoms with van der Waals surface area (Å²) in [6.45, 7) is 4.09. The molecule has 0 unspecified atom stereocenters. The quantitative estimate of drug-likeness (QED) is 0.805. The van der Waals surface area contributed by atoms with Crippen molar-refractivity contribution in [1.82, 2.24) is 0 Å². The number of benzene rings is 1. The fourth-order valence-corrected chi connectivity index (χ4v) is 1.25. The third-order valence-corrected chi connectivity index (χ3v) is 2.13. The molecular formula is C12H16ClNO2. The smallest absolute Gasteiger partial charge is 0.188 e. The van der Waals surface area contributed by atoms with Gasteiger partial charge in [-0.1, -0.05) is 11.6 Å². The molecule has 1 aromatic carbocycles. The van der Waals surface area contributed by atoms with Crippen molar-refractivity contribution in [3.63, 3.8) is 0 Å². The Morgan fingerprint density at radius 2 is 1.94 bits per heavy atom. The molecule has 0 amide bonds. The molecule has 1 aromatic rings. The zero-order valence-corrected chi connectivity index (χ0v) is 10.3. The molecule has 3 nitrogen and oxygen atoms in total. The first kappa shape index (κ1) is 13.2. The monoisotopic (exact) mass is 241 g/mol. The third kappa shape index (κ3) is 4.75. The van der Waals surface area contributed by atoms with Crippen LogP contribution in [0.4, 0.5) is 0 Å². The highest BCUT2D eigenvalue weighted by Crippen LogP contribution is 2.10. The van der Waals surface area contributed by atoms with E-state index >= 15 is 0 Å². The Morgan fingerprint density at radius 3 is 2.44 bits per heavy atom. The van der Waals surface area contributed by atoms with Gasteiger partial charge in [0.05, 0.1) is 6.61 Å². The summed E-state index contributed by atoms with van der Waals surface area (Å²) in [4.78, 5) is 11.6. The van der Waals surface area contributed by atoms with Crippen LogP contribution in [-0.2, 0) is 4.74 Å². The Morgan fingerprint density at radius 1 is 1.38 bits per heavy atom. The summed E-state index contributed by atoms with van der Waals surface area (Å²) < 4.78 is 5.24. The number of carbonyl (C=O) groups is 1. The molecule has 16 heavy (non-hydrogen) atoms. The molecule has 0 radical (unpaired) electrons. The lowest BCUT2D eigenvalue weighted by atomic mass is 10.1. The second-order valence-electron chi connectivity index (χ2n) is 4.41. The average Bonchev–Trinajstić information content (AvgIpc) is 2.16. The van der Waals surface area contributed by atoms with Gasteiger partial charge in [-0.3, -0.25) is 4.79 Å². The van der Waals surface area contributed by atoms with Gasteiger partial charge >= 0.3 is 0 Å². The zero-order chi connectivity index (χ0) is 12.2. The van der Waals surface area contributed by atoms with E-state index in [2.05, 4.69) is 0 Å². The van der Waals surface area contributed by atoms with Crippen molar-refractivity contribution in [2.24, 2.45) is 5.73 Å². The van der Waals surface area contributed by atoms with Crippen molar-refractivity contribution in [1.29, 1.82) is 0 Å². The summed E-state index contributed by atoms with van der Waals surface area (Å²) in [5.74, 6) is -0.0686. The summed E-state index contributed by atoms with van der Waals surface area (Å²) in [5.41, 5.74) is 5.91. The molecule has 0 saturated carbocycles. The van der Waals surface area contributed by atoms with Gasteiger partial charge in [-0.15, -0.1) is 0 Å². The maximum Gasteiger partial charge on any atom is 0.188 e. The van der Waals surface area contributed by atoms with E-state index in [0.29, 0.717) is 17.2 Å². The largest absolute Gasteiger partial charge is 0.371 e. The number of carbonyl (C=O) groups excluding carboxylic acids is 1. The van der Waals surface area contributed by atoms with Crippen molar-refractivity contribution in [3.8, 4) is 0 Å². The lowest BCUT2D eigenvalue weighted by Crippen LogP contribution is -2.38. The maximum atomic E-state index is 11.6. The minimum absolute atomic E-state index is 0.0439. The molecule has 0 saturated heterocycles. The van der Waals surface area contributed by atoms with Gasteiger partial charge in [0.2, 0.25) is 0 Å². The number of halogens is 1. The summed E-state index contributed by atoms with van der Waals surface area (Å²) in [6, 6.07) is 6.73. The van der Waals surface area contributed by atoms with E-state index in [0.717, 1.165) is 0 Å². The van der Waals surface area contributed by atoms with Crippen molar-refractivity contribution >= 4 is 17.4 Å². The van der Waals surface area contributed by atoms with E-state index in [1.165, 1.54) is 0 Å². The molecule has 0 atom stereocenters. The lowest BCUT2D eigenvalue weighted by Gasteiger charge is -2.17. The molecule has 0 bridgehead atoms. The fraction of sp³-hybridized carbons (Fsp3) is 0.417. The molecule has 0 aliphatic heterocycles. The van der Waals surface area contributed by atoms with Gasteiger partial charge in [-0.2, -0.15) is 0 Å². The highest BCUT2D eigenvalue weighted by atomic mass is 35.5. The van der Waals surface area contributed by atoms with Gasteiger partial charge in [0.1, 0.15) is 6.61 Å². The third-order valence-electron chi connectivity index (χ3n) is 1.87. The van der Waals surface area contributed by atoms with Crippen LogP contribution in [0.25, 0.3) is 0 Å². The van der Waals surface area contributed by atoms with Gasteiger partial charge in [0.25, 0.3) is 0 Å². The number of ether oxygens (including phenoxy) is 1. The van der Waals surface area contributed by atoms with Crippen LogP contribution in [0, 0.1) is 0 Å². The van der Waals surface area contributed by atoms with Crippen molar-refractivity contribution in [2.45, 2.75) is 19.4 Å². The average molecular weight is 242 g/mol. The maximum absolute atomic E-state index is 11.6. The Labute approximate surface area is 101 Å². The predicted octanol–water partition coefficient (Wildman–Crippen LogP) is 2.28. The topological polar surface area (TPSA) is 52.3 Å². The van der Waals surface area contributed by atoms with Crippen LogP contribution in [-0.4, -0.2) is 24.5 Å². The van der Waals surface area contributed by atoms with Gasteiger partial charge in [0.15, 0.2) is 5.78 Å². The standard InChI is InChI=1S/C12H16ClNO2/c1-12(2,14)8-16-7-11(15)9-3-5-10(13)6-4-9/h3-6H,7-8,14H2,1-2H3. The SMILES string of the molecule is CC(C)(N)COCC(=O)c1ccc(Cl)cc1. The van der Waals surface area contributed by atoms with E-state index in [9.17, 15) is 4.79 Å². The molecule has 0 spiro atoms.